The Hall–Kier alpha value is -1.55. The number of rotatable bonds is 7. The highest BCUT2D eigenvalue weighted by Gasteiger charge is 2.17. The zero-order chi connectivity index (χ0) is 14.3. The molecule has 1 atom stereocenters. The third-order valence-corrected chi connectivity index (χ3v) is 3.21. The van der Waals surface area contributed by atoms with Crippen molar-refractivity contribution in [3.05, 3.63) is 29.8 Å². The number of amides is 1. The summed E-state index contributed by atoms with van der Waals surface area (Å²) in [5.41, 5.74) is 1.21. The molecule has 1 N–H and O–H groups in total. The number of methoxy groups -OCH3 is 1. The van der Waals surface area contributed by atoms with Crippen LogP contribution < -0.4 is 10.1 Å². The molecule has 4 heteroatoms. The molecule has 1 aromatic rings. The quantitative estimate of drug-likeness (QED) is 0.815. The number of benzene rings is 1. The summed E-state index contributed by atoms with van der Waals surface area (Å²) >= 11 is 0. The molecule has 0 bridgehead atoms. The Balaban J connectivity index is 2.65. The van der Waals surface area contributed by atoms with E-state index in [9.17, 15) is 4.79 Å². The summed E-state index contributed by atoms with van der Waals surface area (Å²) in [5.74, 6) is 1.00. The molecule has 1 rings (SSSR count). The summed E-state index contributed by atoms with van der Waals surface area (Å²) in [7, 11) is 3.45. The zero-order valence-electron chi connectivity index (χ0n) is 12.3. The lowest BCUT2D eigenvalue weighted by Crippen LogP contribution is -2.43. The van der Waals surface area contributed by atoms with Crippen LogP contribution in [0.4, 0.5) is 0 Å². The van der Waals surface area contributed by atoms with Gasteiger partial charge in [0.05, 0.1) is 13.7 Å². The number of nitrogens with one attached hydrogen (secondary N) is 1. The van der Waals surface area contributed by atoms with Crippen LogP contribution in [0, 0.1) is 0 Å². The Morgan fingerprint density at radius 2 is 2.00 bits per heavy atom. The van der Waals surface area contributed by atoms with Crippen molar-refractivity contribution in [2.24, 2.45) is 0 Å². The Kier molecular flexibility index (Phi) is 6.36. The molecule has 0 heterocycles. The first-order valence-electron chi connectivity index (χ1n) is 6.69. The van der Waals surface area contributed by atoms with E-state index in [1.165, 1.54) is 5.56 Å². The lowest BCUT2D eigenvalue weighted by atomic mass is 10.1. The highest BCUT2D eigenvalue weighted by Crippen LogP contribution is 2.14. The molecular formula is C15H24N2O2. The number of nitrogens with zero attached hydrogens (tertiary/aromatic N) is 1. The van der Waals surface area contributed by atoms with Crippen molar-refractivity contribution in [2.75, 3.05) is 27.2 Å². The van der Waals surface area contributed by atoms with Crippen molar-refractivity contribution in [1.82, 2.24) is 10.2 Å². The average Bonchev–Trinajstić information content (AvgIpc) is 2.40. The van der Waals surface area contributed by atoms with Crippen molar-refractivity contribution in [3.63, 3.8) is 0 Å². The Morgan fingerprint density at radius 1 is 1.37 bits per heavy atom. The fourth-order valence-electron chi connectivity index (χ4n) is 2.20. The van der Waals surface area contributed by atoms with E-state index in [2.05, 4.69) is 12.2 Å². The van der Waals surface area contributed by atoms with Gasteiger partial charge in [0.25, 0.3) is 0 Å². The summed E-state index contributed by atoms with van der Waals surface area (Å²) in [6.45, 7) is 5.22. The number of hydrogen-bond acceptors (Lipinski definition) is 3. The largest absolute Gasteiger partial charge is 0.497 e. The van der Waals surface area contributed by atoms with Gasteiger partial charge in [0.1, 0.15) is 5.75 Å². The minimum atomic E-state index is 0.144. The zero-order valence-corrected chi connectivity index (χ0v) is 12.3. The molecule has 4 nitrogen and oxygen atoms in total. The molecule has 0 aliphatic heterocycles. The highest BCUT2D eigenvalue weighted by atomic mass is 16.5. The van der Waals surface area contributed by atoms with Crippen LogP contribution >= 0.6 is 0 Å². The van der Waals surface area contributed by atoms with Crippen LogP contribution in [-0.4, -0.2) is 44.1 Å². The number of ether oxygens (including phenoxy) is 1. The van der Waals surface area contributed by atoms with Crippen molar-refractivity contribution >= 4 is 5.91 Å². The smallest absolute Gasteiger partial charge is 0.236 e. The molecule has 0 saturated carbocycles. The van der Waals surface area contributed by atoms with E-state index >= 15 is 0 Å². The van der Waals surface area contributed by atoms with Gasteiger partial charge in [0.2, 0.25) is 5.91 Å². The van der Waals surface area contributed by atoms with Crippen LogP contribution in [0.5, 0.6) is 5.75 Å². The van der Waals surface area contributed by atoms with E-state index in [0.717, 1.165) is 18.7 Å². The standard InChI is InChI=1S/C15H24N2O2/c1-5-17(15(18)11-16-3)12(2)10-13-6-8-14(19-4)9-7-13/h6-9,12,16H,5,10-11H2,1-4H3. The van der Waals surface area contributed by atoms with E-state index in [1.54, 1.807) is 14.2 Å². The van der Waals surface area contributed by atoms with Gasteiger partial charge >= 0.3 is 0 Å². The molecule has 106 valence electrons. The third-order valence-electron chi connectivity index (χ3n) is 3.21. The molecule has 1 amide bonds. The predicted octanol–water partition coefficient (Wildman–Crippen LogP) is 1.69. The van der Waals surface area contributed by atoms with Gasteiger partial charge in [-0.05, 0) is 45.0 Å². The number of carbonyl (C=O) groups is 1. The van der Waals surface area contributed by atoms with E-state index in [4.69, 9.17) is 4.74 Å². The fourth-order valence-corrected chi connectivity index (χ4v) is 2.20. The third kappa shape index (κ3) is 4.56. The lowest BCUT2D eigenvalue weighted by molar-refractivity contribution is -0.131. The monoisotopic (exact) mass is 264 g/mol. The molecule has 1 unspecified atom stereocenters. The Morgan fingerprint density at radius 3 is 2.47 bits per heavy atom. The molecule has 0 fully saturated rings. The normalized spacial score (nSPS) is 12.0. The highest BCUT2D eigenvalue weighted by molar-refractivity contribution is 5.78. The number of likely N-dealkylation sites (N-methyl/N-ethyl adjacent to an activating group) is 2. The first kappa shape index (κ1) is 15.5. The first-order valence-corrected chi connectivity index (χ1v) is 6.69. The minimum absolute atomic E-state index is 0.144. The van der Waals surface area contributed by atoms with Crippen LogP contribution in [0.25, 0.3) is 0 Å². The maximum atomic E-state index is 11.9. The molecule has 0 saturated heterocycles. The average molecular weight is 264 g/mol. The maximum absolute atomic E-state index is 11.9. The molecular weight excluding hydrogens is 240 g/mol. The number of carbonyl (C=O) groups excluding carboxylic acids is 1. The van der Waals surface area contributed by atoms with Crippen LogP contribution in [-0.2, 0) is 11.2 Å². The number of hydrogen-bond donors (Lipinski definition) is 1. The second-order valence-electron chi connectivity index (χ2n) is 4.61. The van der Waals surface area contributed by atoms with Gasteiger partial charge in [-0.15, -0.1) is 0 Å². The Bertz CT molecular complexity index is 390. The lowest BCUT2D eigenvalue weighted by Gasteiger charge is -2.28. The van der Waals surface area contributed by atoms with E-state index in [-0.39, 0.29) is 11.9 Å². The molecule has 0 spiro atoms. The fraction of sp³-hybridized carbons (Fsp3) is 0.533. The van der Waals surface area contributed by atoms with Gasteiger partial charge in [-0.25, -0.2) is 0 Å². The van der Waals surface area contributed by atoms with Gasteiger partial charge in [-0.1, -0.05) is 12.1 Å². The predicted molar refractivity (Wildman–Crippen MR) is 77.5 cm³/mol. The summed E-state index contributed by atoms with van der Waals surface area (Å²) in [6.07, 6.45) is 0.854. The van der Waals surface area contributed by atoms with E-state index in [1.807, 2.05) is 36.1 Å². The summed E-state index contributed by atoms with van der Waals surface area (Å²) < 4.78 is 5.14. The van der Waals surface area contributed by atoms with E-state index in [0.29, 0.717) is 6.54 Å². The topological polar surface area (TPSA) is 41.6 Å². The summed E-state index contributed by atoms with van der Waals surface area (Å²) in [4.78, 5) is 13.9. The second-order valence-corrected chi connectivity index (χ2v) is 4.61. The van der Waals surface area contributed by atoms with Gasteiger partial charge < -0.3 is 15.0 Å². The molecule has 0 aliphatic rings. The van der Waals surface area contributed by atoms with E-state index < -0.39 is 0 Å². The van der Waals surface area contributed by atoms with Crippen LogP contribution in [0.3, 0.4) is 0 Å². The SMILES string of the molecule is CCN(C(=O)CNC)C(C)Cc1ccc(OC)cc1. The van der Waals surface area contributed by atoms with Gasteiger partial charge in [0.15, 0.2) is 0 Å². The summed E-state index contributed by atoms with van der Waals surface area (Å²) in [5, 5.41) is 2.91. The minimum Gasteiger partial charge on any atom is -0.497 e. The van der Waals surface area contributed by atoms with Crippen molar-refractivity contribution < 1.29 is 9.53 Å². The maximum Gasteiger partial charge on any atom is 0.236 e. The Labute approximate surface area is 115 Å². The second kappa shape index (κ2) is 7.79. The first-order chi connectivity index (χ1) is 9.12. The van der Waals surface area contributed by atoms with Crippen LogP contribution in [0.1, 0.15) is 19.4 Å². The summed E-state index contributed by atoms with van der Waals surface area (Å²) in [6, 6.07) is 8.19. The van der Waals surface area contributed by atoms with Gasteiger partial charge in [-0.2, -0.15) is 0 Å². The van der Waals surface area contributed by atoms with Crippen molar-refractivity contribution in [2.45, 2.75) is 26.3 Å². The van der Waals surface area contributed by atoms with Crippen molar-refractivity contribution in [3.8, 4) is 5.75 Å². The van der Waals surface area contributed by atoms with Crippen LogP contribution in [0.15, 0.2) is 24.3 Å². The van der Waals surface area contributed by atoms with Gasteiger partial charge in [-0.3, -0.25) is 4.79 Å². The molecule has 0 aromatic heterocycles. The molecule has 0 radical (unpaired) electrons. The molecule has 19 heavy (non-hydrogen) atoms. The van der Waals surface area contributed by atoms with Crippen molar-refractivity contribution in [1.29, 1.82) is 0 Å². The van der Waals surface area contributed by atoms with Gasteiger partial charge in [0, 0.05) is 12.6 Å². The molecule has 1 aromatic carbocycles. The molecule has 0 aliphatic carbocycles. The van der Waals surface area contributed by atoms with Crippen LogP contribution in [0.2, 0.25) is 0 Å².